The van der Waals surface area contributed by atoms with E-state index in [1.54, 1.807) is 68.9 Å². The first-order valence-corrected chi connectivity index (χ1v) is 9.86. The van der Waals surface area contributed by atoms with Crippen molar-refractivity contribution in [2.45, 2.75) is 19.4 Å². The lowest BCUT2D eigenvalue weighted by atomic mass is 10.0. The molecule has 3 aromatic rings. The van der Waals surface area contributed by atoms with E-state index in [-0.39, 0.29) is 18.2 Å². The van der Waals surface area contributed by atoms with Crippen LogP contribution < -0.4 is 20.1 Å². The Balaban J connectivity index is 1.60. The van der Waals surface area contributed by atoms with Crippen molar-refractivity contribution in [3.8, 4) is 11.5 Å². The molecule has 0 fully saturated rings. The quantitative estimate of drug-likeness (QED) is 0.415. The number of hydrogen-bond acceptors (Lipinski definition) is 6. The number of amides is 2. The van der Waals surface area contributed by atoms with Crippen molar-refractivity contribution in [3.63, 3.8) is 0 Å². The summed E-state index contributed by atoms with van der Waals surface area (Å²) in [6.45, 7) is 1.39. The summed E-state index contributed by atoms with van der Waals surface area (Å²) in [5, 5.41) is 9.47. The summed E-state index contributed by atoms with van der Waals surface area (Å²) in [7, 11) is 3.29. The Morgan fingerprint density at radius 2 is 1.69 bits per heavy atom. The van der Waals surface area contributed by atoms with Crippen LogP contribution >= 0.6 is 0 Å². The Bertz CT molecular complexity index is 1090. The number of methoxy groups -OCH3 is 1. The zero-order chi connectivity index (χ0) is 23.1. The summed E-state index contributed by atoms with van der Waals surface area (Å²) < 4.78 is 12.1. The Kier molecular flexibility index (Phi) is 7.22. The SMILES string of the molecule is COc1ccc(C(CC(=O)Oc2ccc(NC(=O)c3cnn(C)c3)cc2)NC(C)=O)cc1. The summed E-state index contributed by atoms with van der Waals surface area (Å²) in [6, 6.07) is 13.0. The highest BCUT2D eigenvalue weighted by Gasteiger charge is 2.19. The molecule has 0 spiro atoms. The van der Waals surface area contributed by atoms with Gasteiger partial charge in [-0.05, 0) is 42.0 Å². The van der Waals surface area contributed by atoms with Gasteiger partial charge in [0.05, 0.1) is 31.3 Å². The van der Waals surface area contributed by atoms with Crippen LogP contribution in [0.3, 0.4) is 0 Å². The topological polar surface area (TPSA) is 112 Å². The molecule has 1 atom stereocenters. The molecule has 0 radical (unpaired) electrons. The van der Waals surface area contributed by atoms with Crippen molar-refractivity contribution in [1.82, 2.24) is 15.1 Å². The Hall–Kier alpha value is -4.14. The standard InChI is InChI=1S/C23H24N4O5/c1-15(28)25-21(16-4-8-19(31-3)9-5-16)12-22(29)32-20-10-6-18(7-11-20)26-23(30)17-13-24-27(2)14-17/h4-11,13-14,21H,12H2,1-3H3,(H,25,28)(H,26,30). The van der Waals surface area contributed by atoms with E-state index in [0.29, 0.717) is 22.7 Å². The van der Waals surface area contributed by atoms with Crippen molar-refractivity contribution >= 4 is 23.5 Å². The summed E-state index contributed by atoms with van der Waals surface area (Å²) >= 11 is 0. The number of rotatable bonds is 8. The van der Waals surface area contributed by atoms with Crippen LogP contribution in [0, 0.1) is 0 Å². The molecule has 0 saturated heterocycles. The van der Waals surface area contributed by atoms with Gasteiger partial charge in [0.2, 0.25) is 5.91 Å². The first-order chi connectivity index (χ1) is 15.3. The fraction of sp³-hybridized carbons (Fsp3) is 0.217. The second-order valence-electron chi connectivity index (χ2n) is 7.09. The number of ether oxygens (including phenoxy) is 2. The number of benzene rings is 2. The highest BCUT2D eigenvalue weighted by molar-refractivity contribution is 6.03. The smallest absolute Gasteiger partial charge is 0.313 e. The van der Waals surface area contributed by atoms with Crippen molar-refractivity contribution in [1.29, 1.82) is 0 Å². The maximum absolute atomic E-state index is 12.5. The van der Waals surface area contributed by atoms with Crippen LogP contribution in [0.4, 0.5) is 5.69 Å². The van der Waals surface area contributed by atoms with Gasteiger partial charge in [0.25, 0.3) is 5.91 Å². The highest BCUT2D eigenvalue weighted by Crippen LogP contribution is 2.22. The predicted octanol–water partition coefficient (Wildman–Crippen LogP) is 2.85. The predicted molar refractivity (Wildman–Crippen MR) is 117 cm³/mol. The second-order valence-corrected chi connectivity index (χ2v) is 7.09. The molecular weight excluding hydrogens is 412 g/mol. The number of nitrogens with one attached hydrogen (secondary N) is 2. The summed E-state index contributed by atoms with van der Waals surface area (Å²) in [6.07, 6.45) is 3.03. The fourth-order valence-corrected chi connectivity index (χ4v) is 3.02. The van der Waals surface area contributed by atoms with Crippen molar-refractivity contribution in [3.05, 3.63) is 72.1 Å². The maximum atomic E-state index is 12.5. The molecule has 2 aromatic carbocycles. The van der Waals surface area contributed by atoms with Gasteiger partial charge in [0.15, 0.2) is 0 Å². The second kappa shape index (κ2) is 10.3. The molecule has 166 valence electrons. The average Bonchev–Trinajstić information content (AvgIpc) is 3.21. The fourth-order valence-electron chi connectivity index (χ4n) is 3.02. The van der Waals surface area contributed by atoms with Gasteiger partial charge in [0, 0.05) is 25.9 Å². The lowest BCUT2D eigenvalue weighted by molar-refractivity contribution is -0.135. The number of carbonyl (C=O) groups is 3. The third-order valence-corrected chi connectivity index (χ3v) is 4.58. The van der Waals surface area contributed by atoms with Crippen molar-refractivity contribution in [2.24, 2.45) is 7.05 Å². The van der Waals surface area contributed by atoms with Gasteiger partial charge < -0.3 is 20.1 Å². The molecule has 32 heavy (non-hydrogen) atoms. The third-order valence-electron chi connectivity index (χ3n) is 4.58. The molecule has 1 aromatic heterocycles. The minimum absolute atomic E-state index is 0.0502. The summed E-state index contributed by atoms with van der Waals surface area (Å²) in [5.74, 6) is -0.0566. The zero-order valence-electron chi connectivity index (χ0n) is 18.0. The minimum Gasteiger partial charge on any atom is -0.497 e. The van der Waals surface area contributed by atoms with Crippen molar-refractivity contribution < 1.29 is 23.9 Å². The van der Waals surface area contributed by atoms with E-state index in [2.05, 4.69) is 15.7 Å². The maximum Gasteiger partial charge on any atom is 0.313 e. The molecule has 0 aliphatic rings. The molecule has 1 unspecified atom stereocenters. The summed E-state index contributed by atoms with van der Waals surface area (Å²) in [4.78, 5) is 36.2. The van der Waals surface area contributed by atoms with Crippen LogP contribution in [-0.2, 0) is 16.6 Å². The highest BCUT2D eigenvalue weighted by atomic mass is 16.5. The van der Waals surface area contributed by atoms with Crippen LogP contribution in [0.15, 0.2) is 60.9 Å². The molecule has 9 heteroatoms. The Labute approximate surface area is 185 Å². The Morgan fingerprint density at radius 1 is 1.03 bits per heavy atom. The largest absolute Gasteiger partial charge is 0.497 e. The van der Waals surface area contributed by atoms with E-state index in [1.165, 1.54) is 17.8 Å². The molecule has 3 rings (SSSR count). The molecular formula is C23H24N4O5. The lowest BCUT2D eigenvalue weighted by Gasteiger charge is -2.18. The normalized spacial score (nSPS) is 11.3. The number of carbonyl (C=O) groups excluding carboxylic acids is 3. The number of anilines is 1. The summed E-state index contributed by atoms with van der Waals surface area (Å²) in [5.41, 5.74) is 1.74. The zero-order valence-corrected chi connectivity index (χ0v) is 18.0. The van der Waals surface area contributed by atoms with E-state index >= 15 is 0 Å². The van der Waals surface area contributed by atoms with Crippen LogP contribution in [0.5, 0.6) is 11.5 Å². The molecule has 1 heterocycles. The number of esters is 1. The van der Waals surface area contributed by atoms with Gasteiger partial charge >= 0.3 is 5.97 Å². The Morgan fingerprint density at radius 3 is 2.25 bits per heavy atom. The van der Waals surface area contributed by atoms with Gasteiger partial charge in [-0.2, -0.15) is 5.10 Å². The van der Waals surface area contributed by atoms with Gasteiger partial charge in [-0.3, -0.25) is 19.1 Å². The number of aromatic nitrogens is 2. The molecule has 0 aliphatic carbocycles. The number of aryl methyl sites for hydroxylation is 1. The minimum atomic E-state index is -0.538. The van der Waals surface area contributed by atoms with Crippen LogP contribution in [-0.4, -0.2) is 34.7 Å². The van der Waals surface area contributed by atoms with Gasteiger partial charge in [-0.15, -0.1) is 0 Å². The first-order valence-electron chi connectivity index (χ1n) is 9.86. The monoisotopic (exact) mass is 436 g/mol. The van der Waals surface area contributed by atoms with E-state index in [0.717, 1.165) is 5.56 Å². The molecule has 2 amide bonds. The van der Waals surface area contributed by atoms with Gasteiger partial charge in [0.1, 0.15) is 11.5 Å². The molecule has 2 N–H and O–H groups in total. The van der Waals surface area contributed by atoms with Crippen LogP contribution in [0.25, 0.3) is 0 Å². The van der Waals surface area contributed by atoms with E-state index in [1.807, 2.05) is 0 Å². The van der Waals surface area contributed by atoms with Gasteiger partial charge in [-0.1, -0.05) is 12.1 Å². The molecule has 0 bridgehead atoms. The first kappa shape index (κ1) is 22.5. The molecule has 0 aliphatic heterocycles. The number of nitrogens with zero attached hydrogens (tertiary/aromatic N) is 2. The van der Waals surface area contributed by atoms with E-state index in [9.17, 15) is 14.4 Å². The third kappa shape index (κ3) is 6.18. The lowest BCUT2D eigenvalue weighted by Crippen LogP contribution is -2.29. The van der Waals surface area contributed by atoms with Crippen LogP contribution in [0.2, 0.25) is 0 Å². The van der Waals surface area contributed by atoms with E-state index in [4.69, 9.17) is 9.47 Å². The molecule has 0 saturated carbocycles. The van der Waals surface area contributed by atoms with Gasteiger partial charge in [-0.25, -0.2) is 0 Å². The van der Waals surface area contributed by atoms with E-state index < -0.39 is 12.0 Å². The molecule has 9 nitrogen and oxygen atoms in total. The average molecular weight is 436 g/mol. The number of hydrogen-bond donors (Lipinski definition) is 2. The van der Waals surface area contributed by atoms with Crippen LogP contribution in [0.1, 0.15) is 35.3 Å². The van der Waals surface area contributed by atoms with Crippen molar-refractivity contribution in [2.75, 3.05) is 12.4 Å².